The Kier molecular flexibility index (Phi) is 6.53. The topological polar surface area (TPSA) is 29.4 Å². The van der Waals surface area contributed by atoms with Crippen molar-refractivity contribution in [1.29, 1.82) is 0 Å². The quantitative estimate of drug-likeness (QED) is 0.728. The van der Waals surface area contributed by atoms with Gasteiger partial charge in [0.1, 0.15) is 0 Å². The molecule has 1 atom stereocenters. The van der Waals surface area contributed by atoms with E-state index in [9.17, 15) is 17.4 Å². The molecule has 122 valence electrons. The number of hydrogen-bond donors (Lipinski definition) is 0. The number of allylic oxidation sites excluding steroid dienone is 1. The van der Waals surface area contributed by atoms with E-state index in [1.54, 1.807) is 13.0 Å². The van der Waals surface area contributed by atoms with E-state index in [0.717, 1.165) is 24.1 Å². The smallest absolute Gasteiger partial charge is 0.258 e. The van der Waals surface area contributed by atoms with Crippen LogP contribution in [0.2, 0.25) is 0 Å². The maximum atomic E-state index is 12.5. The molecule has 6 heteroatoms. The predicted octanol–water partition coefficient (Wildman–Crippen LogP) is 5.24. The molecule has 0 amide bonds. The molecule has 1 aromatic carbocycles. The van der Waals surface area contributed by atoms with Crippen molar-refractivity contribution in [2.24, 2.45) is 4.99 Å². The van der Waals surface area contributed by atoms with Gasteiger partial charge in [0.25, 0.3) is 0 Å². The second-order valence-electron chi connectivity index (χ2n) is 4.67. The SMILES string of the molecule is CC.CC1=NC(c2cc(S(=O)C(F)(F)F)ccc2C)=CCC1. The Morgan fingerprint density at radius 3 is 2.36 bits per heavy atom. The predicted molar refractivity (Wildman–Crippen MR) is 85.3 cm³/mol. The van der Waals surface area contributed by atoms with E-state index in [1.165, 1.54) is 12.1 Å². The van der Waals surface area contributed by atoms with Gasteiger partial charge in [0.15, 0.2) is 10.8 Å². The third-order valence-corrected chi connectivity index (χ3v) is 4.17. The molecule has 1 unspecified atom stereocenters. The van der Waals surface area contributed by atoms with Gasteiger partial charge in [-0.05, 0) is 44.4 Å². The van der Waals surface area contributed by atoms with Crippen LogP contribution in [0.5, 0.6) is 0 Å². The lowest BCUT2D eigenvalue weighted by Gasteiger charge is -2.14. The molecule has 0 spiro atoms. The first-order valence-electron chi connectivity index (χ1n) is 7.13. The molecule has 1 aliphatic heterocycles. The van der Waals surface area contributed by atoms with Crippen LogP contribution in [-0.2, 0) is 10.8 Å². The largest absolute Gasteiger partial charge is 0.475 e. The number of hydrogen-bond acceptors (Lipinski definition) is 2. The number of aryl methyl sites for hydroxylation is 1. The molecule has 1 aromatic rings. The minimum Gasteiger partial charge on any atom is -0.258 e. The van der Waals surface area contributed by atoms with Crippen LogP contribution in [0.25, 0.3) is 5.70 Å². The first kappa shape index (κ1) is 18.6. The molecular weight excluding hydrogens is 311 g/mol. The number of halogens is 3. The maximum absolute atomic E-state index is 12.5. The minimum absolute atomic E-state index is 0.238. The van der Waals surface area contributed by atoms with Crippen molar-refractivity contribution >= 4 is 22.2 Å². The number of alkyl halides is 3. The van der Waals surface area contributed by atoms with E-state index in [2.05, 4.69) is 4.99 Å². The fraction of sp³-hybridized carbons (Fsp3) is 0.438. The Morgan fingerprint density at radius 1 is 1.18 bits per heavy atom. The summed E-state index contributed by atoms with van der Waals surface area (Å²) in [5, 5.41) is 0. The van der Waals surface area contributed by atoms with Gasteiger partial charge in [-0.3, -0.25) is 4.99 Å². The van der Waals surface area contributed by atoms with Crippen LogP contribution in [0.3, 0.4) is 0 Å². The highest BCUT2D eigenvalue weighted by atomic mass is 32.2. The van der Waals surface area contributed by atoms with Gasteiger partial charge in [0.05, 0.1) is 5.70 Å². The molecule has 0 saturated carbocycles. The molecule has 1 aliphatic rings. The Morgan fingerprint density at radius 2 is 1.82 bits per heavy atom. The Bertz CT molecular complexity index is 618. The molecule has 22 heavy (non-hydrogen) atoms. The van der Waals surface area contributed by atoms with Crippen LogP contribution in [0.4, 0.5) is 13.2 Å². The van der Waals surface area contributed by atoms with Crippen LogP contribution in [0.1, 0.15) is 44.7 Å². The third-order valence-electron chi connectivity index (χ3n) is 3.06. The van der Waals surface area contributed by atoms with Gasteiger partial charge in [-0.1, -0.05) is 26.0 Å². The summed E-state index contributed by atoms with van der Waals surface area (Å²) in [5.41, 5.74) is -1.71. The zero-order chi connectivity index (χ0) is 16.9. The van der Waals surface area contributed by atoms with E-state index in [4.69, 9.17) is 0 Å². The molecule has 0 aromatic heterocycles. The van der Waals surface area contributed by atoms with Crippen molar-refractivity contribution in [3.8, 4) is 0 Å². The van der Waals surface area contributed by atoms with Gasteiger partial charge in [-0.2, -0.15) is 13.2 Å². The molecule has 0 aliphatic carbocycles. The van der Waals surface area contributed by atoms with E-state index >= 15 is 0 Å². The van der Waals surface area contributed by atoms with E-state index in [0.29, 0.717) is 11.3 Å². The maximum Gasteiger partial charge on any atom is 0.475 e. The second kappa shape index (κ2) is 7.72. The Labute approximate surface area is 131 Å². The summed E-state index contributed by atoms with van der Waals surface area (Å²) in [6.45, 7) is 7.69. The third kappa shape index (κ3) is 4.53. The summed E-state index contributed by atoms with van der Waals surface area (Å²) in [4.78, 5) is 4.13. The molecule has 0 N–H and O–H groups in total. The first-order chi connectivity index (χ1) is 10.3. The van der Waals surface area contributed by atoms with Gasteiger partial charge in [0.2, 0.25) is 0 Å². The average Bonchev–Trinajstić information content (AvgIpc) is 2.48. The van der Waals surface area contributed by atoms with Gasteiger partial charge in [0, 0.05) is 16.2 Å². The van der Waals surface area contributed by atoms with Crippen LogP contribution in [-0.4, -0.2) is 15.4 Å². The molecule has 0 bridgehead atoms. The minimum atomic E-state index is -4.74. The molecule has 2 nitrogen and oxygen atoms in total. The lowest BCUT2D eigenvalue weighted by molar-refractivity contribution is -0.0384. The summed E-state index contributed by atoms with van der Waals surface area (Å²) in [5.74, 6) is 0. The van der Waals surface area contributed by atoms with Crippen molar-refractivity contribution in [2.75, 3.05) is 0 Å². The molecule has 0 fully saturated rings. The number of nitrogens with zero attached hydrogens (tertiary/aromatic N) is 1. The molecule has 0 radical (unpaired) electrons. The van der Waals surface area contributed by atoms with E-state index in [-0.39, 0.29) is 4.90 Å². The summed E-state index contributed by atoms with van der Waals surface area (Å²) >= 11 is 0. The van der Waals surface area contributed by atoms with Gasteiger partial charge >= 0.3 is 5.51 Å². The van der Waals surface area contributed by atoms with Crippen LogP contribution in [0.15, 0.2) is 34.2 Å². The summed E-state index contributed by atoms with van der Waals surface area (Å²) in [6.07, 6.45) is 3.57. The van der Waals surface area contributed by atoms with Crippen LogP contribution < -0.4 is 0 Å². The molecule has 1 heterocycles. The Hall–Kier alpha value is -1.43. The van der Waals surface area contributed by atoms with Crippen LogP contribution in [0, 0.1) is 6.92 Å². The zero-order valence-corrected chi connectivity index (χ0v) is 13.9. The van der Waals surface area contributed by atoms with Crippen molar-refractivity contribution in [3.63, 3.8) is 0 Å². The summed E-state index contributed by atoms with van der Waals surface area (Å²) in [6, 6.07) is 4.13. The standard InChI is InChI=1S/C14H14F3NOS.C2H6/c1-9-6-7-11(20(19)14(15,16)17)8-12(9)13-5-3-4-10(2)18-13;1-2/h5-8H,3-4H2,1-2H3;1-2H3. The van der Waals surface area contributed by atoms with Gasteiger partial charge < -0.3 is 0 Å². The van der Waals surface area contributed by atoms with Crippen molar-refractivity contribution in [2.45, 2.75) is 50.9 Å². The van der Waals surface area contributed by atoms with Gasteiger partial charge in [-0.15, -0.1) is 0 Å². The van der Waals surface area contributed by atoms with Crippen molar-refractivity contribution in [3.05, 3.63) is 35.4 Å². The fourth-order valence-electron chi connectivity index (χ4n) is 2.02. The summed E-state index contributed by atoms with van der Waals surface area (Å²) in [7, 11) is -3.01. The Balaban J connectivity index is 0.00000116. The highest BCUT2D eigenvalue weighted by Crippen LogP contribution is 2.31. The van der Waals surface area contributed by atoms with Crippen LogP contribution >= 0.6 is 0 Å². The van der Waals surface area contributed by atoms with Gasteiger partial charge in [-0.25, -0.2) is 4.21 Å². The molecule has 2 rings (SSSR count). The fourth-order valence-corrected chi connectivity index (χ4v) is 2.70. The van der Waals surface area contributed by atoms with E-state index < -0.39 is 16.3 Å². The first-order valence-corrected chi connectivity index (χ1v) is 8.28. The highest BCUT2D eigenvalue weighted by Gasteiger charge is 2.38. The lowest BCUT2D eigenvalue weighted by Crippen LogP contribution is -2.16. The zero-order valence-electron chi connectivity index (χ0n) is 13.1. The van der Waals surface area contributed by atoms with Crippen molar-refractivity contribution in [1.82, 2.24) is 0 Å². The average molecular weight is 331 g/mol. The second-order valence-corrected chi connectivity index (χ2v) is 6.14. The normalized spacial score (nSPS) is 16.1. The van der Waals surface area contributed by atoms with Crippen molar-refractivity contribution < 1.29 is 17.4 Å². The summed E-state index contributed by atoms with van der Waals surface area (Å²) < 4.78 is 49.0. The number of aliphatic imine (C=N–C) groups is 1. The highest BCUT2D eigenvalue weighted by molar-refractivity contribution is 7.86. The monoisotopic (exact) mass is 331 g/mol. The number of rotatable bonds is 2. The van der Waals surface area contributed by atoms with E-state index in [1.807, 2.05) is 26.8 Å². The molecule has 0 saturated heterocycles. The number of benzene rings is 1. The lowest BCUT2D eigenvalue weighted by atomic mass is 10.0. The molecular formula is C16H20F3NOS.